The van der Waals surface area contributed by atoms with Crippen molar-refractivity contribution >= 4 is 30.3 Å². The fraction of sp³-hybridized carbons (Fsp3) is 0.407. The second-order valence-corrected chi connectivity index (χ2v) is 17.9. The van der Waals surface area contributed by atoms with Gasteiger partial charge in [0.1, 0.15) is 13.0 Å². The van der Waals surface area contributed by atoms with Crippen LogP contribution in [0.3, 0.4) is 0 Å². The van der Waals surface area contributed by atoms with Crippen LogP contribution in [0.4, 0.5) is 19.1 Å². The molecule has 0 aliphatic rings. The number of sulfonamides is 1. The number of anilines is 1. The molecular formula is C27H33F3N2O5SSi. The van der Waals surface area contributed by atoms with Crippen molar-refractivity contribution in [2.75, 3.05) is 11.0 Å². The molecule has 0 amide bonds. The second-order valence-electron chi connectivity index (χ2n) is 10.5. The van der Waals surface area contributed by atoms with Crippen LogP contribution in [0.1, 0.15) is 40.5 Å². The summed E-state index contributed by atoms with van der Waals surface area (Å²) >= 11 is 0. The van der Waals surface area contributed by atoms with Crippen LogP contribution in [-0.4, -0.2) is 46.6 Å². The van der Waals surface area contributed by atoms with Gasteiger partial charge in [-0.05, 0) is 50.5 Å². The fourth-order valence-corrected chi connectivity index (χ4v) is 5.87. The number of ether oxygens (including phenoxy) is 1. The predicted octanol–water partition coefficient (Wildman–Crippen LogP) is 6.70. The van der Waals surface area contributed by atoms with Crippen LogP contribution in [-0.2, 0) is 21.2 Å². The Hall–Kier alpha value is -2.96. The van der Waals surface area contributed by atoms with Gasteiger partial charge in [-0.15, -0.1) is 0 Å². The minimum absolute atomic E-state index is 0.00123. The number of carbonyl (C=O) groups is 1. The molecule has 12 heteroatoms. The molecule has 7 nitrogen and oxygen atoms in total. The van der Waals surface area contributed by atoms with E-state index in [0.717, 1.165) is 4.31 Å². The Morgan fingerprint density at radius 3 is 2.33 bits per heavy atom. The molecule has 1 heterocycles. The highest BCUT2D eigenvalue weighted by Gasteiger charge is 2.35. The number of aldehydes is 1. The van der Waals surface area contributed by atoms with Crippen molar-refractivity contribution < 1.29 is 35.6 Å². The summed E-state index contributed by atoms with van der Waals surface area (Å²) < 4.78 is 80.2. The molecule has 2 aromatic carbocycles. The van der Waals surface area contributed by atoms with E-state index in [-0.39, 0.29) is 45.5 Å². The summed E-state index contributed by atoms with van der Waals surface area (Å²) in [6.45, 7) is 11.2. The van der Waals surface area contributed by atoms with E-state index < -0.39 is 37.1 Å². The molecule has 0 aliphatic heterocycles. The lowest BCUT2D eigenvalue weighted by molar-refractivity contribution is -0.133. The zero-order chi connectivity index (χ0) is 29.2. The van der Waals surface area contributed by atoms with Gasteiger partial charge in [-0.2, -0.15) is 13.2 Å². The highest BCUT2D eigenvalue weighted by atomic mass is 32.2. The van der Waals surface area contributed by atoms with Gasteiger partial charge in [0.15, 0.2) is 0 Å². The molecule has 0 spiro atoms. The van der Waals surface area contributed by atoms with Crippen molar-refractivity contribution in [2.24, 2.45) is 0 Å². The summed E-state index contributed by atoms with van der Waals surface area (Å²) in [6, 6.07) is 10.3. The van der Waals surface area contributed by atoms with Crippen molar-refractivity contribution in [2.45, 2.75) is 70.1 Å². The third kappa shape index (κ3) is 7.17. The largest absolute Gasteiger partial charge is 0.389 e. The number of alkyl halides is 3. The van der Waals surface area contributed by atoms with Crippen LogP contribution in [0.15, 0.2) is 51.9 Å². The average molecular weight is 583 g/mol. The molecule has 0 saturated carbocycles. The lowest BCUT2D eigenvalue weighted by atomic mass is 9.95. The maximum absolute atomic E-state index is 14.2. The molecule has 3 aromatic rings. The van der Waals surface area contributed by atoms with E-state index in [0.29, 0.717) is 17.5 Å². The number of hydrogen-bond acceptors (Lipinski definition) is 6. The highest BCUT2D eigenvalue weighted by Crippen LogP contribution is 2.36. The maximum atomic E-state index is 14.2. The summed E-state index contributed by atoms with van der Waals surface area (Å²) in [4.78, 5) is 11.2. The van der Waals surface area contributed by atoms with E-state index in [2.05, 4.69) is 24.8 Å². The normalized spacial score (nSPS) is 13.4. The molecule has 3 rings (SSSR count). The number of halogens is 3. The number of aromatic nitrogens is 1. The molecule has 0 fully saturated rings. The number of aryl methyl sites for hydroxylation is 2. The Bertz CT molecular complexity index is 1430. The van der Waals surface area contributed by atoms with Gasteiger partial charge in [-0.1, -0.05) is 55.1 Å². The summed E-state index contributed by atoms with van der Waals surface area (Å²) in [6.07, 6.45) is -5.43. The SMILES string of the molecule is Cc1noc(N(COC(C)[Si](C)(C)C)S(=O)(=O)c2ccccc2-c2ccc(C=O)cc2CCC(F)(F)F)c1C. The summed E-state index contributed by atoms with van der Waals surface area (Å²) in [5.41, 5.74) is 1.72. The Labute approximate surface area is 228 Å². The number of carbonyl (C=O) groups excluding carboxylic acids is 1. The van der Waals surface area contributed by atoms with Gasteiger partial charge < -0.3 is 9.26 Å². The first-order valence-electron chi connectivity index (χ1n) is 12.4. The van der Waals surface area contributed by atoms with Crippen LogP contribution < -0.4 is 4.31 Å². The van der Waals surface area contributed by atoms with Crippen molar-refractivity contribution in [3.63, 3.8) is 0 Å². The lowest BCUT2D eigenvalue weighted by Crippen LogP contribution is -2.42. The average Bonchev–Trinajstić information content (AvgIpc) is 3.19. The molecule has 0 bridgehead atoms. The first-order chi connectivity index (χ1) is 18.1. The topological polar surface area (TPSA) is 89.7 Å². The molecule has 1 atom stereocenters. The van der Waals surface area contributed by atoms with Crippen LogP contribution in [0.2, 0.25) is 19.6 Å². The Morgan fingerprint density at radius 1 is 1.10 bits per heavy atom. The van der Waals surface area contributed by atoms with Gasteiger partial charge in [0.2, 0.25) is 5.88 Å². The molecule has 1 unspecified atom stereocenters. The van der Waals surface area contributed by atoms with Crippen LogP contribution >= 0.6 is 0 Å². The molecular weight excluding hydrogens is 549 g/mol. The van der Waals surface area contributed by atoms with E-state index in [9.17, 15) is 26.4 Å². The van der Waals surface area contributed by atoms with Gasteiger partial charge in [0, 0.05) is 28.8 Å². The van der Waals surface area contributed by atoms with E-state index >= 15 is 0 Å². The minimum Gasteiger partial charge on any atom is -0.360 e. The zero-order valence-corrected chi connectivity index (χ0v) is 24.6. The van der Waals surface area contributed by atoms with Crippen LogP contribution in [0.25, 0.3) is 11.1 Å². The third-order valence-electron chi connectivity index (χ3n) is 6.71. The third-order valence-corrected chi connectivity index (χ3v) is 11.1. The molecule has 0 radical (unpaired) electrons. The Morgan fingerprint density at radius 2 is 1.77 bits per heavy atom. The predicted molar refractivity (Wildman–Crippen MR) is 146 cm³/mol. The van der Waals surface area contributed by atoms with Crippen molar-refractivity contribution in [3.8, 4) is 11.1 Å². The van der Waals surface area contributed by atoms with E-state index in [1.54, 1.807) is 19.9 Å². The lowest BCUT2D eigenvalue weighted by Gasteiger charge is -2.29. The van der Waals surface area contributed by atoms with Gasteiger partial charge in [-0.25, -0.2) is 12.7 Å². The first kappa shape index (κ1) is 30.6. The monoisotopic (exact) mass is 582 g/mol. The van der Waals surface area contributed by atoms with Crippen LogP contribution in [0, 0.1) is 13.8 Å². The maximum Gasteiger partial charge on any atom is 0.389 e. The van der Waals surface area contributed by atoms with E-state index in [4.69, 9.17) is 9.26 Å². The quantitative estimate of drug-likeness (QED) is 0.142. The summed E-state index contributed by atoms with van der Waals surface area (Å²) in [5.74, 6) is -0.00123. The van der Waals surface area contributed by atoms with Crippen molar-refractivity contribution in [3.05, 3.63) is 64.8 Å². The van der Waals surface area contributed by atoms with Gasteiger partial charge in [-0.3, -0.25) is 4.79 Å². The zero-order valence-electron chi connectivity index (χ0n) is 22.8. The summed E-state index contributed by atoms with van der Waals surface area (Å²) in [5, 5.41) is 3.91. The molecule has 39 heavy (non-hydrogen) atoms. The fourth-order valence-electron chi connectivity index (χ4n) is 3.77. The second kappa shape index (κ2) is 11.6. The van der Waals surface area contributed by atoms with Gasteiger partial charge >= 0.3 is 6.18 Å². The smallest absolute Gasteiger partial charge is 0.360 e. The van der Waals surface area contributed by atoms with Crippen molar-refractivity contribution in [1.29, 1.82) is 0 Å². The molecule has 0 N–H and O–H groups in total. The number of nitrogens with zero attached hydrogens (tertiary/aromatic N) is 2. The molecule has 0 saturated heterocycles. The Balaban J connectivity index is 2.17. The van der Waals surface area contributed by atoms with Crippen molar-refractivity contribution in [1.82, 2.24) is 5.16 Å². The number of benzene rings is 2. The Kier molecular flexibility index (Phi) is 9.13. The molecule has 212 valence electrons. The van der Waals surface area contributed by atoms with E-state index in [1.165, 1.54) is 36.4 Å². The summed E-state index contributed by atoms with van der Waals surface area (Å²) in [7, 11) is -6.15. The highest BCUT2D eigenvalue weighted by molar-refractivity contribution is 7.93. The van der Waals surface area contributed by atoms with E-state index in [1.807, 2.05) is 6.92 Å². The van der Waals surface area contributed by atoms with Gasteiger partial charge in [0.25, 0.3) is 10.0 Å². The number of hydrogen-bond donors (Lipinski definition) is 0. The molecule has 0 aliphatic carbocycles. The van der Waals surface area contributed by atoms with Crippen LogP contribution in [0.5, 0.6) is 0 Å². The van der Waals surface area contributed by atoms with Gasteiger partial charge in [0.05, 0.1) is 18.7 Å². The first-order valence-corrected chi connectivity index (χ1v) is 17.4. The molecule has 1 aromatic heterocycles. The number of rotatable bonds is 11. The minimum atomic E-state index is -4.43. The standard InChI is InChI=1S/C27H33F3N2O5SSi/c1-18-19(2)31-37-26(18)32(17-36-20(3)39(4,5)6)38(34,35)25-10-8-7-9-24(25)23-12-11-21(16-33)15-22(23)13-14-27(28,29)30/h7-12,15-16,20H,13-14,17H2,1-6H3.